The lowest BCUT2D eigenvalue weighted by molar-refractivity contribution is -0.116. The largest absolute Gasteiger partial charge is 0.492 e. The van der Waals surface area contributed by atoms with Gasteiger partial charge in [0.2, 0.25) is 5.91 Å². The van der Waals surface area contributed by atoms with Crippen molar-refractivity contribution >= 4 is 17.5 Å². The van der Waals surface area contributed by atoms with Crippen molar-refractivity contribution in [2.75, 3.05) is 11.9 Å². The summed E-state index contributed by atoms with van der Waals surface area (Å²) in [6, 6.07) is 7.24. The Bertz CT molecular complexity index is 1000. The fourth-order valence-electron chi connectivity index (χ4n) is 3.06. The standard InChI is InChI=1S/C19H19N5O3/c1-2-24-18(5-7-20-24)22-19(26)12-23-11-14(10-21-23)13-3-4-15-16(25)6-8-27-17(15)9-13/h3-5,7,9-11H,2,6,8,12H2,1H3,(H,22,26). The zero-order chi connectivity index (χ0) is 18.8. The second-order valence-electron chi connectivity index (χ2n) is 6.24. The Morgan fingerprint density at radius 1 is 1.26 bits per heavy atom. The van der Waals surface area contributed by atoms with Gasteiger partial charge < -0.3 is 10.1 Å². The lowest BCUT2D eigenvalue weighted by Gasteiger charge is -2.16. The van der Waals surface area contributed by atoms with Gasteiger partial charge in [0.25, 0.3) is 0 Å². The molecule has 27 heavy (non-hydrogen) atoms. The summed E-state index contributed by atoms with van der Waals surface area (Å²) in [5.41, 5.74) is 2.36. The second kappa shape index (κ2) is 7.06. The van der Waals surface area contributed by atoms with Crippen molar-refractivity contribution in [3.8, 4) is 16.9 Å². The molecule has 1 aliphatic heterocycles. The molecule has 1 aromatic carbocycles. The van der Waals surface area contributed by atoms with Crippen molar-refractivity contribution in [1.29, 1.82) is 0 Å². The molecule has 1 aliphatic rings. The summed E-state index contributed by atoms with van der Waals surface area (Å²) in [5.74, 6) is 1.18. The van der Waals surface area contributed by atoms with Crippen LogP contribution in [-0.4, -0.2) is 37.9 Å². The summed E-state index contributed by atoms with van der Waals surface area (Å²) >= 11 is 0. The van der Waals surface area contributed by atoms with Gasteiger partial charge >= 0.3 is 0 Å². The fourth-order valence-corrected chi connectivity index (χ4v) is 3.06. The summed E-state index contributed by atoms with van der Waals surface area (Å²) in [7, 11) is 0. The summed E-state index contributed by atoms with van der Waals surface area (Å²) in [5, 5.41) is 11.2. The second-order valence-corrected chi connectivity index (χ2v) is 6.24. The highest BCUT2D eigenvalue weighted by Crippen LogP contribution is 2.30. The molecule has 0 radical (unpaired) electrons. The number of hydrogen-bond acceptors (Lipinski definition) is 5. The number of carbonyl (C=O) groups is 2. The molecule has 4 rings (SSSR count). The molecule has 0 saturated carbocycles. The molecule has 0 saturated heterocycles. The number of fused-ring (bicyclic) bond motifs is 1. The highest BCUT2D eigenvalue weighted by Gasteiger charge is 2.19. The van der Waals surface area contributed by atoms with Crippen LogP contribution in [-0.2, 0) is 17.9 Å². The van der Waals surface area contributed by atoms with Gasteiger partial charge in [0.05, 0.1) is 24.6 Å². The third-order valence-corrected chi connectivity index (χ3v) is 4.42. The van der Waals surface area contributed by atoms with E-state index < -0.39 is 0 Å². The normalized spacial score (nSPS) is 13.1. The maximum absolute atomic E-state index is 12.3. The molecule has 0 fully saturated rings. The number of carbonyl (C=O) groups excluding carboxylic acids is 2. The van der Waals surface area contributed by atoms with E-state index in [0.29, 0.717) is 36.7 Å². The van der Waals surface area contributed by atoms with Crippen molar-refractivity contribution in [2.45, 2.75) is 26.4 Å². The van der Waals surface area contributed by atoms with Crippen molar-refractivity contribution in [3.63, 3.8) is 0 Å². The van der Waals surface area contributed by atoms with Crippen LogP contribution in [0.25, 0.3) is 11.1 Å². The first kappa shape index (κ1) is 17.0. The number of benzene rings is 1. The third-order valence-electron chi connectivity index (χ3n) is 4.42. The number of aromatic nitrogens is 4. The Morgan fingerprint density at radius 2 is 2.15 bits per heavy atom. The smallest absolute Gasteiger partial charge is 0.247 e. The van der Waals surface area contributed by atoms with Crippen molar-refractivity contribution in [3.05, 3.63) is 48.4 Å². The van der Waals surface area contributed by atoms with Gasteiger partial charge in [0.1, 0.15) is 18.1 Å². The van der Waals surface area contributed by atoms with Crippen LogP contribution in [0.15, 0.2) is 42.9 Å². The number of ether oxygens (including phenoxy) is 1. The van der Waals surface area contributed by atoms with Crippen LogP contribution in [0.3, 0.4) is 0 Å². The fraction of sp³-hybridized carbons (Fsp3) is 0.263. The predicted octanol–water partition coefficient (Wildman–Crippen LogP) is 2.37. The number of amides is 1. The number of anilines is 1. The van der Waals surface area contributed by atoms with E-state index >= 15 is 0 Å². The molecule has 2 aromatic heterocycles. The lowest BCUT2D eigenvalue weighted by atomic mass is 10.0. The van der Waals surface area contributed by atoms with Crippen LogP contribution in [0.4, 0.5) is 5.82 Å². The molecule has 0 atom stereocenters. The molecule has 1 N–H and O–H groups in total. The quantitative estimate of drug-likeness (QED) is 0.749. The summed E-state index contributed by atoms with van der Waals surface area (Å²) in [4.78, 5) is 24.1. The van der Waals surface area contributed by atoms with Crippen LogP contribution < -0.4 is 10.1 Å². The summed E-state index contributed by atoms with van der Waals surface area (Å²) in [6.07, 6.45) is 5.55. The van der Waals surface area contributed by atoms with E-state index in [4.69, 9.17) is 4.74 Å². The Morgan fingerprint density at radius 3 is 3.00 bits per heavy atom. The van der Waals surface area contributed by atoms with Gasteiger partial charge in [-0.15, -0.1) is 0 Å². The molecule has 3 heterocycles. The van der Waals surface area contributed by atoms with Crippen molar-refractivity contribution in [1.82, 2.24) is 19.6 Å². The van der Waals surface area contributed by atoms with Crippen LogP contribution in [0.1, 0.15) is 23.7 Å². The minimum atomic E-state index is -0.181. The molecule has 8 heteroatoms. The molecule has 0 aliphatic carbocycles. The monoisotopic (exact) mass is 365 g/mol. The van der Waals surface area contributed by atoms with E-state index in [1.807, 2.05) is 19.1 Å². The molecular weight excluding hydrogens is 346 g/mol. The molecule has 8 nitrogen and oxygen atoms in total. The van der Waals surface area contributed by atoms with Gasteiger partial charge in [0, 0.05) is 30.8 Å². The first-order valence-corrected chi connectivity index (χ1v) is 8.78. The lowest BCUT2D eigenvalue weighted by Crippen LogP contribution is -2.21. The van der Waals surface area contributed by atoms with Gasteiger partial charge in [-0.25, -0.2) is 4.68 Å². The number of rotatable bonds is 5. The maximum Gasteiger partial charge on any atom is 0.247 e. The first-order chi connectivity index (χ1) is 13.1. The van der Waals surface area contributed by atoms with Gasteiger partial charge in [-0.1, -0.05) is 6.07 Å². The van der Waals surface area contributed by atoms with Crippen LogP contribution in [0.2, 0.25) is 0 Å². The van der Waals surface area contributed by atoms with Crippen LogP contribution in [0.5, 0.6) is 5.75 Å². The molecule has 0 spiro atoms. The number of hydrogen-bond donors (Lipinski definition) is 1. The Kier molecular flexibility index (Phi) is 4.45. The minimum absolute atomic E-state index is 0.0921. The van der Waals surface area contributed by atoms with E-state index in [2.05, 4.69) is 15.5 Å². The molecule has 138 valence electrons. The molecule has 1 amide bonds. The highest BCUT2D eigenvalue weighted by atomic mass is 16.5. The zero-order valence-electron chi connectivity index (χ0n) is 14.9. The van der Waals surface area contributed by atoms with E-state index in [-0.39, 0.29) is 18.2 Å². The SMILES string of the molecule is CCn1nccc1NC(=O)Cn1cc(-c2ccc3c(c2)OCCC3=O)cn1. The average molecular weight is 365 g/mol. The first-order valence-electron chi connectivity index (χ1n) is 8.78. The number of aryl methyl sites for hydroxylation is 1. The Hall–Kier alpha value is -3.42. The van der Waals surface area contributed by atoms with Gasteiger partial charge in [-0.05, 0) is 24.6 Å². The number of ketones is 1. The summed E-state index contributed by atoms with van der Waals surface area (Å²) in [6.45, 7) is 3.13. The third kappa shape index (κ3) is 3.46. The number of nitrogens with one attached hydrogen (secondary N) is 1. The molecular formula is C19H19N5O3. The van der Waals surface area contributed by atoms with E-state index in [9.17, 15) is 9.59 Å². The topological polar surface area (TPSA) is 91.0 Å². The van der Waals surface area contributed by atoms with Crippen LogP contribution >= 0.6 is 0 Å². The van der Waals surface area contributed by atoms with E-state index in [1.165, 1.54) is 0 Å². The van der Waals surface area contributed by atoms with E-state index in [0.717, 1.165) is 11.1 Å². The van der Waals surface area contributed by atoms with Gasteiger partial charge in [-0.2, -0.15) is 10.2 Å². The van der Waals surface area contributed by atoms with Gasteiger partial charge in [0.15, 0.2) is 5.78 Å². The molecule has 0 unspecified atom stereocenters. The van der Waals surface area contributed by atoms with Crippen molar-refractivity contribution in [2.24, 2.45) is 0 Å². The number of Topliss-reactive ketones (excluding diaryl/α,β-unsaturated/α-hetero) is 1. The highest BCUT2D eigenvalue weighted by molar-refractivity contribution is 6.00. The summed E-state index contributed by atoms with van der Waals surface area (Å²) < 4.78 is 8.87. The van der Waals surface area contributed by atoms with Crippen LogP contribution in [0, 0.1) is 0 Å². The Balaban J connectivity index is 1.47. The predicted molar refractivity (Wildman–Crippen MR) is 98.6 cm³/mol. The molecule has 3 aromatic rings. The van der Waals surface area contributed by atoms with Gasteiger partial charge in [-0.3, -0.25) is 14.3 Å². The minimum Gasteiger partial charge on any atom is -0.492 e. The maximum atomic E-state index is 12.3. The Labute approximate surface area is 155 Å². The molecule has 0 bridgehead atoms. The van der Waals surface area contributed by atoms with Crippen molar-refractivity contribution < 1.29 is 14.3 Å². The van der Waals surface area contributed by atoms with E-state index in [1.54, 1.807) is 40.1 Å². The average Bonchev–Trinajstić information content (AvgIpc) is 3.31. The zero-order valence-corrected chi connectivity index (χ0v) is 14.9. The number of nitrogens with zero attached hydrogens (tertiary/aromatic N) is 4.